The number of carbonyl (C=O) groups is 2. The fraction of sp³-hybridized carbons (Fsp3) is 0.273. The molecule has 0 bridgehead atoms. The number of nitrogens with zero attached hydrogens (tertiary/aromatic N) is 3. The largest absolute Gasteiger partial charge is 0.484 e. The number of esters is 1. The van der Waals surface area contributed by atoms with E-state index in [-0.39, 0.29) is 18.6 Å². The van der Waals surface area contributed by atoms with Crippen molar-refractivity contribution in [1.82, 2.24) is 25.4 Å². The van der Waals surface area contributed by atoms with Gasteiger partial charge in [0.15, 0.2) is 12.4 Å². The minimum absolute atomic E-state index is 0.0451. The first-order valence-electron chi connectivity index (χ1n) is 9.95. The zero-order valence-electron chi connectivity index (χ0n) is 17.1. The molecule has 3 aromatic rings. The molecule has 2 heterocycles. The highest BCUT2D eigenvalue weighted by atomic mass is 16.5. The van der Waals surface area contributed by atoms with Crippen LogP contribution in [-0.2, 0) is 9.53 Å². The molecule has 0 aliphatic carbocycles. The maximum atomic E-state index is 12.8. The van der Waals surface area contributed by atoms with E-state index in [0.29, 0.717) is 42.6 Å². The number of H-pyrrole nitrogens is 1. The molecule has 1 unspecified atom stereocenters. The predicted molar refractivity (Wildman–Crippen MR) is 112 cm³/mol. The quantitative estimate of drug-likeness (QED) is 0.584. The number of benzene rings is 2. The van der Waals surface area contributed by atoms with Crippen LogP contribution in [0.4, 0.5) is 0 Å². The smallest absolute Gasteiger partial charge is 0.337 e. The van der Waals surface area contributed by atoms with Crippen molar-refractivity contribution in [2.24, 2.45) is 0 Å². The number of carbonyl (C=O) groups excluding carboxylic acids is 2. The molecule has 1 saturated heterocycles. The molecular formula is C22H23N5O4. The van der Waals surface area contributed by atoms with Gasteiger partial charge in [-0.1, -0.05) is 30.3 Å². The Balaban J connectivity index is 1.46. The van der Waals surface area contributed by atoms with Crippen LogP contribution < -0.4 is 10.1 Å². The molecular weight excluding hydrogens is 398 g/mol. The summed E-state index contributed by atoms with van der Waals surface area (Å²) in [5.74, 6) is 1.22. The number of aromatic amines is 1. The van der Waals surface area contributed by atoms with Crippen molar-refractivity contribution in [1.29, 1.82) is 0 Å². The van der Waals surface area contributed by atoms with Gasteiger partial charge in [-0.05, 0) is 24.3 Å². The minimum atomic E-state index is -0.401. The normalized spacial score (nSPS) is 16.0. The Kier molecular flexibility index (Phi) is 6.23. The molecule has 1 atom stereocenters. The summed E-state index contributed by atoms with van der Waals surface area (Å²) < 4.78 is 10.3. The summed E-state index contributed by atoms with van der Waals surface area (Å²) >= 11 is 0. The van der Waals surface area contributed by atoms with Gasteiger partial charge in [0, 0.05) is 25.2 Å². The Morgan fingerprint density at radius 1 is 1.13 bits per heavy atom. The second kappa shape index (κ2) is 9.40. The van der Waals surface area contributed by atoms with Crippen LogP contribution in [0.1, 0.15) is 22.2 Å². The molecule has 4 rings (SSSR count). The van der Waals surface area contributed by atoms with Gasteiger partial charge in [0.1, 0.15) is 17.6 Å². The number of piperazine rings is 1. The number of rotatable bonds is 6. The summed E-state index contributed by atoms with van der Waals surface area (Å²) in [5.41, 5.74) is 1.21. The molecule has 1 amide bonds. The molecule has 1 aromatic heterocycles. The summed E-state index contributed by atoms with van der Waals surface area (Å²) in [4.78, 5) is 30.8. The van der Waals surface area contributed by atoms with Gasteiger partial charge in [-0.15, -0.1) is 0 Å². The second-order valence-corrected chi connectivity index (χ2v) is 7.02. The molecule has 0 saturated carbocycles. The van der Waals surface area contributed by atoms with Crippen LogP contribution in [-0.4, -0.2) is 65.3 Å². The van der Waals surface area contributed by atoms with Crippen LogP contribution in [0.2, 0.25) is 0 Å². The molecule has 2 N–H and O–H groups in total. The van der Waals surface area contributed by atoms with Crippen LogP contribution in [0, 0.1) is 0 Å². The number of hydrogen-bond donors (Lipinski definition) is 2. The predicted octanol–water partition coefficient (Wildman–Crippen LogP) is 1.81. The van der Waals surface area contributed by atoms with E-state index in [1.54, 1.807) is 29.2 Å². The Bertz CT molecular complexity index is 1040. The van der Waals surface area contributed by atoms with Crippen LogP contribution >= 0.6 is 0 Å². The van der Waals surface area contributed by atoms with E-state index >= 15 is 0 Å². The Morgan fingerprint density at radius 3 is 2.65 bits per heavy atom. The summed E-state index contributed by atoms with van der Waals surface area (Å²) in [7, 11) is 1.34. The van der Waals surface area contributed by atoms with Crippen molar-refractivity contribution >= 4 is 11.9 Å². The summed E-state index contributed by atoms with van der Waals surface area (Å²) in [5, 5.41) is 10.5. The fourth-order valence-electron chi connectivity index (χ4n) is 3.42. The van der Waals surface area contributed by atoms with Crippen LogP contribution in [0.5, 0.6) is 5.75 Å². The first kappa shape index (κ1) is 20.5. The zero-order valence-corrected chi connectivity index (χ0v) is 17.1. The van der Waals surface area contributed by atoms with E-state index < -0.39 is 5.97 Å². The van der Waals surface area contributed by atoms with Gasteiger partial charge in [-0.2, -0.15) is 5.10 Å². The molecule has 160 valence electrons. The molecule has 0 spiro atoms. The van der Waals surface area contributed by atoms with E-state index in [2.05, 4.69) is 20.5 Å². The van der Waals surface area contributed by atoms with Gasteiger partial charge in [0.25, 0.3) is 5.91 Å². The van der Waals surface area contributed by atoms with E-state index in [1.807, 2.05) is 30.3 Å². The van der Waals surface area contributed by atoms with Gasteiger partial charge >= 0.3 is 5.97 Å². The molecule has 0 radical (unpaired) electrons. The summed E-state index contributed by atoms with van der Waals surface area (Å²) in [6.07, 6.45) is 0. The molecule has 9 heteroatoms. The van der Waals surface area contributed by atoms with Crippen molar-refractivity contribution in [2.75, 3.05) is 33.4 Å². The number of hydrogen-bond acceptors (Lipinski definition) is 7. The van der Waals surface area contributed by atoms with Gasteiger partial charge in [-0.3, -0.25) is 9.89 Å². The minimum Gasteiger partial charge on any atom is -0.484 e. The third-order valence-electron chi connectivity index (χ3n) is 5.05. The lowest BCUT2D eigenvalue weighted by atomic mass is 10.1. The van der Waals surface area contributed by atoms with Crippen LogP contribution in [0.15, 0.2) is 54.6 Å². The summed E-state index contributed by atoms with van der Waals surface area (Å²) in [6, 6.07) is 15.8. The van der Waals surface area contributed by atoms with Gasteiger partial charge < -0.3 is 19.7 Å². The molecule has 2 aromatic carbocycles. The summed E-state index contributed by atoms with van der Waals surface area (Å²) in [6.45, 7) is 1.76. The van der Waals surface area contributed by atoms with Crippen molar-refractivity contribution in [3.63, 3.8) is 0 Å². The average Bonchev–Trinajstić information content (AvgIpc) is 3.33. The standard InChI is InChI=1S/C22H23N5O4/c1-30-22(29)16-9-7-15(8-10-16)20-24-21(26-25-20)18-13-23-11-12-27(18)19(28)14-31-17-5-3-2-4-6-17/h2-10,18,23H,11-14H2,1H3,(H,24,25,26). The fourth-order valence-corrected chi connectivity index (χ4v) is 3.42. The van der Waals surface area contributed by atoms with Gasteiger partial charge in [0.05, 0.1) is 12.7 Å². The molecule has 1 fully saturated rings. The van der Waals surface area contributed by atoms with E-state index in [4.69, 9.17) is 9.47 Å². The number of aromatic nitrogens is 3. The Labute approximate surface area is 179 Å². The van der Waals surface area contributed by atoms with Gasteiger partial charge in [0.2, 0.25) is 0 Å². The van der Waals surface area contributed by atoms with E-state index in [0.717, 1.165) is 5.56 Å². The first-order chi connectivity index (χ1) is 15.2. The average molecular weight is 421 g/mol. The lowest BCUT2D eigenvalue weighted by molar-refractivity contribution is -0.137. The molecule has 1 aliphatic rings. The van der Waals surface area contributed by atoms with Crippen molar-refractivity contribution in [2.45, 2.75) is 6.04 Å². The highest BCUT2D eigenvalue weighted by molar-refractivity contribution is 5.89. The topological polar surface area (TPSA) is 109 Å². The van der Waals surface area contributed by atoms with E-state index in [1.165, 1.54) is 7.11 Å². The highest BCUT2D eigenvalue weighted by Crippen LogP contribution is 2.23. The first-order valence-corrected chi connectivity index (χ1v) is 9.95. The lowest BCUT2D eigenvalue weighted by Crippen LogP contribution is -2.50. The SMILES string of the molecule is COC(=O)c1ccc(-c2n[nH]c(C3CNCCN3C(=O)COc3ccccc3)n2)cc1. The Hall–Kier alpha value is -3.72. The van der Waals surface area contributed by atoms with Crippen LogP contribution in [0.3, 0.4) is 0 Å². The number of amides is 1. The van der Waals surface area contributed by atoms with Gasteiger partial charge in [-0.25, -0.2) is 9.78 Å². The second-order valence-electron chi connectivity index (χ2n) is 7.02. The number of para-hydroxylation sites is 1. The van der Waals surface area contributed by atoms with Crippen LogP contribution in [0.25, 0.3) is 11.4 Å². The van der Waals surface area contributed by atoms with Crippen molar-refractivity contribution in [3.8, 4) is 17.1 Å². The number of methoxy groups -OCH3 is 1. The number of nitrogens with one attached hydrogen (secondary N) is 2. The number of ether oxygens (including phenoxy) is 2. The van der Waals surface area contributed by atoms with Crippen molar-refractivity contribution in [3.05, 3.63) is 66.0 Å². The monoisotopic (exact) mass is 421 g/mol. The maximum Gasteiger partial charge on any atom is 0.337 e. The molecule has 9 nitrogen and oxygen atoms in total. The maximum absolute atomic E-state index is 12.8. The van der Waals surface area contributed by atoms with E-state index in [9.17, 15) is 9.59 Å². The lowest BCUT2D eigenvalue weighted by Gasteiger charge is -2.34. The zero-order chi connectivity index (χ0) is 21.6. The molecule has 1 aliphatic heterocycles. The molecule has 31 heavy (non-hydrogen) atoms. The third-order valence-corrected chi connectivity index (χ3v) is 5.05. The van der Waals surface area contributed by atoms with Crippen molar-refractivity contribution < 1.29 is 19.1 Å². The third kappa shape index (κ3) is 4.72. The Morgan fingerprint density at radius 2 is 1.90 bits per heavy atom. The highest BCUT2D eigenvalue weighted by Gasteiger charge is 2.30.